The molecule has 2 heterocycles. The molecule has 9 heteroatoms. The van der Waals surface area contributed by atoms with Gasteiger partial charge in [0.15, 0.2) is 5.96 Å². The number of piperidine rings is 2. The van der Waals surface area contributed by atoms with Gasteiger partial charge in [0, 0.05) is 45.8 Å². The van der Waals surface area contributed by atoms with Gasteiger partial charge in [-0.05, 0) is 44.2 Å². The minimum Gasteiger partial charge on any atom is -0.355 e. The zero-order chi connectivity index (χ0) is 20.7. The van der Waals surface area contributed by atoms with Crippen molar-refractivity contribution in [3.05, 3.63) is 35.9 Å². The van der Waals surface area contributed by atoms with Crippen molar-refractivity contribution in [2.75, 3.05) is 45.5 Å². The summed E-state index contributed by atoms with van der Waals surface area (Å²) in [5.74, 6) is 1.63. The van der Waals surface area contributed by atoms with Gasteiger partial charge in [-0.25, -0.2) is 13.1 Å². The van der Waals surface area contributed by atoms with Crippen LogP contribution in [0.4, 0.5) is 0 Å². The third-order valence-corrected chi connectivity index (χ3v) is 7.44. The molecular weight excluding hydrogens is 513 g/mol. The van der Waals surface area contributed by atoms with Crippen molar-refractivity contribution in [2.24, 2.45) is 10.9 Å². The lowest BCUT2D eigenvalue weighted by atomic mass is 9.83. The number of halogens is 1. The van der Waals surface area contributed by atoms with E-state index in [4.69, 9.17) is 0 Å². The van der Waals surface area contributed by atoms with Gasteiger partial charge in [0.1, 0.15) is 0 Å². The fourth-order valence-electron chi connectivity index (χ4n) is 4.53. The molecule has 0 aromatic heterocycles. The Morgan fingerprint density at radius 2 is 1.93 bits per heavy atom. The molecule has 0 aliphatic carbocycles. The van der Waals surface area contributed by atoms with Crippen LogP contribution in [0.25, 0.3) is 0 Å². The van der Waals surface area contributed by atoms with Crippen molar-refractivity contribution >= 4 is 40.0 Å². The van der Waals surface area contributed by atoms with Crippen LogP contribution >= 0.6 is 24.0 Å². The van der Waals surface area contributed by atoms with Gasteiger partial charge in [0.25, 0.3) is 0 Å². The van der Waals surface area contributed by atoms with Gasteiger partial charge in [0.2, 0.25) is 10.0 Å². The Bertz CT molecular complexity index is 775. The van der Waals surface area contributed by atoms with E-state index in [1.165, 1.54) is 24.9 Å². The third kappa shape index (κ3) is 7.06. The number of hydrogen-bond acceptors (Lipinski definition) is 4. The summed E-state index contributed by atoms with van der Waals surface area (Å²) in [5.41, 5.74) is 1.39. The summed E-state index contributed by atoms with van der Waals surface area (Å²) in [6, 6.07) is 11.4. The predicted octanol–water partition coefficient (Wildman–Crippen LogP) is 2.11. The lowest BCUT2D eigenvalue weighted by molar-refractivity contribution is 0.0373. The van der Waals surface area contributed by atoms with Gasteiger partial charge in [-0.2, -0.15) is 0 Å². The number of fused-ring (bicyclic) bond motifs is 1. The smallest absolute Gasteiger partial charge is 0.211 e. The molecule has 3 rings (SSSR count). The first-order chi connectivity index (χ1) is 14.0. The fraction of sp³-hybridized carbons (Fsp3) is 0.667. The Hall–Kier alpha value is -0.910. The van der Waals surface area contributed by atoms with E-state index in [-0.39, 0.29) is 29.7 Å². The van der Waals surface area contributed by atoms with Crippen LogP contribution in [0.2, 0.25) is 0 Å². The molecule has 2 aliphatic heterocycles. The second-order valence-corrected chi connectivity index (χ2v) is 10.0. The second-order valence-electron chi connectivity index (χ2n) is 7.93. The Labute approximate surface area is 198 Å². The van der Waals surface area contributed by atoms with Crippen LogP contribution in [-0.4, -0.2) is 75.7 Å². The van der Waals surface area contributed by atoms with Gasteiger partial charge in [-0.1, -0.05) is 30.3 Å². The van der Waals surface area contributed by atoms with Crippen molar-refractivity contribution in [2.45, 2.75) is 38.8 Å². The average molecular weight is 550 g/mol. The molecule has 2 fully saturated rings. The van der Waals surface area contributed by atoms with Crippen molar-refractivity contribution in [1.82, 2.24) is 19.8 Å². The summed E-state index contributed by atoms with van der Waals surface area (Å²) >= 11 is 0. The second kappa shape index (κ2) is 12.2. The van der Waals surface area contributed by atoms with Crippen LogP contribution in [0.3, 0.4) is 0 Å². The minimum atomic E-state index is -3.15. The van der Waals surface area contributed by atoms with Gasteiger partial charge in [-0.15, -0.1) is 24.0 Å². The molecule has 0 amide bonds. The molecule has 0 spiro atoms. The Morgan fingerprint density at radius 1 is 1.17 bits per heavy atom. The fourth-order valence-corrected chi connectivity index (χ4v) is 5.15. The Morgan fingerprint density at radius 3 is 2.63 bits per heavy atom. The number of guanidine groups is 1. The molecular formula is C21H36IN5O2S. The topological polar surface area (TPSA) is 77.0 Å². The van der Waals surface area contributed by atoms with Crippen molar-refractivity contribution in [3.8, 4) is 0 Å². The number of hydrogen-bond donors (Lipinski definition) is 2. The molecule has 2 atom stereocenters. The van der Waals surface area contributed by atoms with Crippen LogP contribution in [0.5, 0.6) is 0 Å². The highest BCUT2D eigenvalue weighted by molar-refractivity contribution is 14.0. The molecule has 2 aliphatic rings. The highest BCUT2D eigenvalue weighted by atomic mass is 127. The first kappa shape index (κ1) is 25.4. The highest BCUT2D eigenvalue weighted by Gasteiger charge is 2.36. The molecule has 170 valence electrons. The molecule has 7 nitrogen and oxygen atoms in total. The average Bonchev–Trinajstić information content (AvgIpc) is 2.74. The van der Waals surface area contributed by atoms with E-state index in [2.05, 4.69) is 55.2 Å². The van der Waals surface area contributed by atoms with E-state index < -0.39 is 10.0 Å². The number of nitrogens with zero attached hydrogens (tertiary/aromatic N) is 3. The molecule has 0 bridgehead atoms. The summed E-state index contributed by atoms with van der Waals surface area (Å²) in [6.07, 6.45) is 3.65. The zero-order valence-electron chi connectivity index (χ0n) is 18.1. The van der Waals surface area contributed by atoms with Crippen molar-refractivity contribution in [1.29, 1.82) is 0 Å². The summed E-state index contributed by atoms with van der Waals surface area (Å²) in [6.45, 7) is 6.76. The van der Waals surface area contributed by atoms with E-state index in [0.717, 1.165) is 32.0 Å². The van der Waals surface area contributed by atoms with Crippen LogP contribution in [-0.2, 0) is 16.6 Å². The van der Waals surface area contributed by atoms with Crippen LogP contribution < -0.4 is 10.0 Å². The van der Waals surface area contributed by atoms with E-state index in [1.807, 2.05) is 0 Å². The number of benzene rings is 1. The van der Waals surface area contributed by atoms with E-state index in [1.54, 1.807) is 14.0 Å². The molecule has 1 aromatic carbocycles. The molecule has 1 aromatic rings. The van der Waals surface area contributed by atoms with Crippen molar-refractivity contribution in [3.63, 3.8) is 0 Å². The van der Waals surface area contributed by atoms with Crippen LogP contribution in [0, 0.1) is 5.92 Å². The lowest BCUT2D eigenvalue weighted by Gasteiger charge is -2.48. The standard InChI is InChI=1S/C21H35N5O2S.HI/c1-3-29(27,28)24-13-12-23-21(22-2)26-15-11-20-19(17-26)10-7-14-25(20)16-18-8-5-4-6-9-18;/h4-6,8-9,19-20,24H,3,7,10-17H2,1-2H3,(H,22,23);1H. The molecule has 30 heavy (non-hydrogen) atoms. The SMILES string of the molecule is CCS(=O)(=O)NCCNC(=NC)N1CCC2C(CCCN2Cc2ccccc2)C1.I. The highest BCUT2D eigenvalue weighted by Crippen LogP contribution is 2.31. The normalized spacial score (nSPS) is 22.9. The molecule has 2 saturated heterocycles. The summed E-state index contributed by atoms with van der Waals surface area (Å²) in [7, 11) is -1.35. The minimum absolute atomic E-state index is 0. The Balaban J connectivity index is 0.00000320. The number of rotatable bonds is 7. The van der Waals surface area contributed by atoms with Crippen LogP contribution in [0.15, 0.2) is 35.3 Å². The predicted molar refractivity (Wildman–Crippen MR) is 134 cm³/mol. The largest absolute Gasteiger partial charge is 0.355 e. The first-order valence-electron chi connectivity index (χ1n) is 10.7. The zero-order valence-corrected chi connectivity index (χ0v) is 21.2. The summed E-state index contributed by atoms with van der Waals surface area (Å²) < 4.78 is 25.7. The number of nitrogens with one attached hydrogen (secondary N) is 2. The van der Waals surface area contributed by atoms with Gasteiger partial charge < -0.3 is 10.2 Å². The quantitative estimate of drug-likeness (QED) is 0.236. The van der Waals surface area contributed by atoms with E-state index >= 15 is 0 Å². The van der Waals surface area contributed by atoms with Gasteiger partial charge in [-0.3, -0.25) is 9.89 Å². The molecule has 0 radical (unpaired) electrons. The maximum absolute atomic E-state index is 11.6. The molecule has 2 N–H and O–H groups in total. The molecule has 2 unspecified atom stereocenters. The summed E-state index contributed by atoms with van der Waals surface area (Å²) in [4.78, 5) is 9.43. The van der Waals surface area contributed by atoms with Crippen LogP contribution in [0.1, 0.15) is 31.7 Å². The summed E-state index contributed by atoms with van der Waals surface area (Å²) in [5, 5.41) is 3.32. The first-order valence-corrected chi connectivity index (χ1v) is 12.4. The lowest BCUT2D eigenvalue weighted by Crippen LogP contribution is -2.57. The monoisotopic (exact) mass is 549 g/mol. The van der Waals surface area contributed by atoms with Gasteiger partial charge >= 0.3 is 0 Å². The third-order valence-electron chi connectivity index (χ3n) is 6.03. The van der Waals surface area contributed by atoms with Gasteiger partial charge in [0.05, 0.1) is 5.75 Å². The van der Waals surface area contributed by atoms with E-state index in [0.29, 0.717) is 25.0 Å². The number of sulfonamides is 1. The molecule has 0 saturated carbocycles. The number of aliphatic imine (C=N–C) groups is 1. The maximum Gasteiger partial charge on any atom is 0.211 e. The van der Waals surface area contributed by atoms with Crippen molar-refractivity contribution < 1.29 is 8.42 Å². The maximum atomic E-state index is 11.6. The Kier molecular flexibility index (Phi) is 10.3. The number of likely N-dealkylation sites (tertiary alicyclic amines) is 2. The van der Waals surface area contributed by atoms with E-state index in [9.17, 15) is 8.42 Å².